The molecule has 0 aliphatic carbocycles. The van der Waals surface area contributed by atoms with Gasteiger partial charge in [-0.25, -0.2) is 5.43 Å². The van der Waals surface area contributed by atoms with Crippen LogP contribution in [0.1, 0.15) is 63.5 Å². The van der Waals surface area contributed by atoms with E-state index >= 15 is 0 Å². The number of amides is 1. The number of hydrazone groups is 1. The molecular formula is C17H26N2O. The lowest BCUT2D eigenvalue weighted by Gasteiger charge is -2.06. The highest BCUT2D eigenvalue weighted by molar-refractivity contribution is 6.00. The first-order valence-electron chi connectivity index (χ1n) is 7.59. The number of unbranched alkanes of at least 4 members (excludes halogenated alkanes) is 3. The molecule has 110 valence electrons. The van der Waals surface area contributed by atoms with E-state index < -0.39 is 0 Å². The summed E-state index contributed by atoms with van der Waals surface area (Å²) < 4.78 is 0. The predicted molar refractivity (Wildman–Crippen MR) is 84.9 cm³/mol. The summed E-state index contributed by atoms with van der Waals surface area (Å²) >= 11 is 0. The maximum Gasteiger partial charge on any atom is 0.240 e. The molecule has 0 unspecified atom stereocenters. The summed E-state index contributed by atoms with van der Waals surface area (Å²) in [4.78, 5) is 11.7. The highest BCUT2D eigenvalue weighted by Crippen LogP contribution is 2.07. The minimum atomic E-state index is 0.0131. The summed E-state index contributed by atoms with van der Waals surface area (Å²) in [5, 5.41) is 4.26. The fourth-order valence-corrected chi connectivity index (χ4v) is 1.99. The van der Waals surface area contributed by atoms with E-state index in [2.05, 4.69) is 36.5 Å². The molecular weight excluding hydrogens is 248 g/mol. The lowest BCUT2D eigenvalue weighted by atomic mass is 10.1. The average Bonchev–Trinajstić information content (AvgIpc) is 2.46. The van der Waals surface area contributed by atoms with Crippen molar-refractivity contribution in [1.29, 1.82) is 0 Å². The van der Waals surface area contributed by atoms with Gasteiger partial charge in [-0.05, 0) is 25.3 Å². The molecule has 0 aliphatic heterocycles. The minimum absolute atomic E-state index is 0.0131. The summed E-state index contributed by atoms with van der Waals surface area (Å²) in [5.41, 5.74) is 5.90. The average molecular weight is 274 g/mol. The molecule has 1 rings (SSSR count). The zero-order chi connectivity index (χ0) is 14.8. The number of nitrogens with zero attached hydrogens (tertiary/aromatic N) is 1. The topological polar surface area (TPSA) is 41.5 Å². The van der Waals surface area contributed by atoms with E-state index in [9.17, 15) is 4.79 Å². The van der Waals surface area contributed by atoms with E-state index in [4.69, 9.17) is 0 Å². The highest BCUT2D eigenvalue weighted by Gasteiger charge is 2.03. The van der Waals surface area contributed by atoms with Gasteiger partial charge in [0.15, 0.2) is 0 Å². The molecule has 1 aromatic carbocycles. The molecule has 0 atom stereocenters. The summed E-state index contributed by atoms with van der Waals surface area (Å²) in [7, 11) is 0. The monoisotopic (exact) mass is 274 g/mol. The van der Waals surface area contributed by atoms with Crippen molar-refractivity contribution in [3.63, 3.8) is 0 Å². The Hall–Kier alpha value is -1.64. The zero-order valence-corrected chi connectivity index (χ0v) is 12.9. The molecule has 0 saturated carbocycles. The maximum atomic E-state index is 11.7. The number of hydrogen-bond donors (Lipinski definition) is 1. The molecule has 0 aliphatic rings. The van der Waals surface area contributed by atoms with Crippen molar-refractivity contribution in [1.82, 2.24) is 5.43 Å². The fourth-order valence-electron chi connectivity index (χ4n) is 1.99. The van der Waals surface area contributed by atoms with Crippen molar-refractivity contribution in [2.24, 2.45) is 5.10 Å². The van der Waals surface area contributed by atoms with E-state index in [-0.39, 0.29) is 5.91 Å². The molecule has 0 fully saturated rings. The molecule has 0 aromatic heterocycles. The molecule has 3 nitrogen and oxygen atoms in total. The van der Waals surface area contributed by atoms with Crippen molar-refractivity contribution in [2.75, 3.05) is 0 Å². The molecule has 0 bridgehead atoms. The number of carbonyl (C=O) groups excluding carboxylic acids is 1. The van der Waals surface area contributed by atoms with Crippen LogP contribution >= 0.6 is 0 Å². The first-order valence-corrected chi connectivity index (χ1v) is 7.59. The van der Waals surface area contributed by atoms with Gasteiger partial charge in [-0.1, -0.05) is 62.9 Å². The predicted octanol–water partition coefficient (Wildman–Crippen LogP) is 4.20. The lowest BCUT2D eigenvalue weighted by Crippen LogP contribution is -2.19. The summed E-state index contributed by atoms with van der Waals surface area (Å²) in [5.74, 6) is 0.0131. The van der Waals surface area contributed by atoms with Gasteiger partial charge in [-0.3, -0.25) is 4.79 Å². The van der Waals surface area contributed by atoms with Gasteiger partial charge in [0.1, 0.15) is 0 Å². The van der Waals surface area contributed by atoms with Crippen molar-refractivity contribution < 1.29 is 4.79 Å². The van der Waals surface area contributed by atoms with Crippen molar-refractivity contribution in [2.45, 2.75) is 59.3 Å². The van der Waals surface area contributed by atoms with Crippen molar-refractivity contribution in [3.8, 4) is 0 Å². The second-order valence-electron chi connectivity index (χ2n) is 5.12. The molecule has 1 aromatic rings. The van der Waals surface area contributed by atoms with Crippen LogP contribution in [0.15, 0.2) is 29.4 Å². The largest absolute Gasteiger partial charge is 0.273 e. The van der Waals surface area contributed by atoms with Crippen molar-refractivity contribution in [3.05, 3.63) is 35.4 Å². The third-order valence-corrected chi connectivity index (χ3v) is 3.29. The SMILES string of the molecule is CCCCCCC(=O)NN=C(CC)c1ccc(C)cc1. The first-order chi connectivity index (χ1) is 9.67. The van der Waals surface area contributed by atoms with Crippen LogP contribution in [0.4, 0.5) is 0 Å². The van der Waals surface area contributed by atoms with Gasteiger partial charge in [0, 0.05) is 6.42 Å². The second kappa shape index (κ2) is 9.29. The van der Waals surface area contributed by atoms with Gasteiger partial charge >= 0.3 is 0 Å². The fraction of sp³-hybridized carbons (Fsp3) is 0.529. The van der Waals surface area contributed by atoms with Crippen LogP contribution in [0, 0.1) is 6.92 Å². The zero-order valence-electron chi connectivity index (χ0n) is 12.9. The van der Waals surface area contributed by atoms with E-state index in [1.54, 1.807) is 0 Å². The molecule has 3 heteroatoms. The van der Waals surface area contributed by atoms with E-state index in [0.717, 1.165) is 30.5 Å². The van der Waals surface area contributed by atoms with E-state index in [1.807, 2.05) is 19.1 Å². The number of benzene rings is 1. The van der Waals surface area contributed by atoms with Crippen LogP contribution in [0.25, 0.3) is 0 Å². The molecule has 1 N–H and O–H groups in total. The molecule has 20 heavy (non-hydrogen) atoms. The minimum Gasteiger partial charge on any atom is -0.273 e. The van der Waals surface area contributed by atoms with Crippen LogP contribution in [-0.4, -0.2) is 11.6 Å². The Bertz CT molecular complexity index is 435. The van der Waals surface area contributed by atoms with Crippen LogP contribution in [-0.2, 0) is 4.79 Å². The smallest absolute Gasteiger partial charge is 0.240 e. The Balaban J connectivity index is 2.49. The first kappa shape index (κ1) is 16.4. The van der Waals surface area contributed by atoms with Crippen LogP contribution in [0.3, 0.4) is 0 Å². The summed E-state index contributed by atoms with van der Waals surface area (Å²) in [6.07, 6.45) is 5.81. The van der Waals surface area contributed by atoms with Gasteiger partial charge in [0.2, 0.25) is 5.91 Å². The normalized spacial score (nSPS) is 11.4. The Morgan fingerprint density at radius 3 is 2.40 bits per heavy atom. The van der Waals surface area contributed by atoms with Gasteiger partial charge in [-0.2, -0.15) is 5.10 Å². The van der Waals surface area contributed by atoms with Crippen LogP contribution in [0.2, 0.25) is 0 Å². The van der Waals surface area contributed by atoms with Gasteiger partial charge in [-0.15, -0.1) is 0 Å². The third-order valence-electron chi connectivity index (χ3n) is 3.29. The standard InChI is InChI=1S/C17H26N2O/c1-4-6-7-8-9-17(20)19-18-16(5-2)15-12-10-14(3)11-13-15/h10-13H,4-9H2,1-3H3,(H,19,20). The summed E-state index contributed by atoms with van der Waals surface area (Å²) in [6, 6.07) is 8.22. The van der Waals surface area contributed by atoms with Gasteiger partial charge in [0.25, 0.3) is 0 Å². The molecule has 0 saturated heterocycles. The number of nitrogens with one attached hydrogen (secondary N) is 1. The lowest BCUT2D eigenvalue weighted by molar-refractivity contribution is -0.121. The Morgan fingerprint density at radius 2 is 1.80 bits per heavy atom. The molecule has 0 heterocycles. The third kappa shape index (κ3) is 6.00. The van der Waals surface area contributed by atoms with Crippen LogP contribution < -0.4 is 5.43 Å². The van der Waals surface area contributed by atoms with Crippen molar-refractivity contribution >= 4 is 11.6 Å². The van der Waals surface area contributed by atoms with Crippen LogP contribution in [0.5, 0.6) is 0 Å². The van der Waals surface area contributed by atoms with E-state index in [0.29, 0.717) is 6.42 Å². The Morgan fingerprint density at radius 1 is 1.10 bits per heavy atom. The Labute approximate surface area is 122 Å². The van der Waals surface area contributed by atoms with Gasteiger partial charge in [0.05, 0.1) is 5.71 Å². The highest BCUT2D eigenvalue weighted by atomic mass is 16.2. The number of aryl methyl sites for hydroxylation is 1. The molecule has 0 spiro atoms. The number of hydrogen-bond acceptors (Lipinski definition) is 2. The van der Waals surface area contributed by atoms with Gasteiger partial charge < -0.3 is 0 Å². The number of rotatable bonds is 8. The summed E-state index contributed by atoms with van der Waals surface area (Å²) in [6.45, 7) is 6.27. The Kier molecular flexibility index (Phi) is 7.63. The number of carbonyl (C=O) groups is 1. The molecule has 1 amide bonds. The molecule has 0 radical (unpaired) electrons. The maximum absolute atomic E-state index is 11.7. The quantitative estimate of drug-likeness (QED) is 0.431. The van der Waals surface area contributed by atoms with E-state index in [1.165, 1.54) is 18.4 Å². The second-order valence-corrected chi connectivity index (χ2v) is 5.12.